The molecule has 0 unspecified atom stereocenters. The van der Waals surface area contributed by atoms with Gasteiger partial charge in [0, 0.05) is 0 Å². The van der Waals surface area contributed by atoms with Gasteiger partial charge in [-0.15, -0.1) is 6.58 Å². The van der Waals surface area contributed by atoms with Crippen LogP contribution in [-0.4, -0.2) is 18.7 Å². The molecule has 0 radical (unpaired) electrons. The van der Waals surface area contributed by atoms with Gasteiger partial charge < -0.3 is 0 Å². The second-order valence-corrected chi connectivity index (χ2v) is 3.31. The van der Waals surface area contributed by atoms with Crippen LogP contribution in [0.15, 0.2) is 12.7 Å². The number of hydroxylamine groups is 2. The summed E-state index contributed by atoms with van der Waals surface area (Å²) in [4.78, 5) is 5.51. The molecule has 0 fully saturated rings. The van der Waals surface area contributed by atoms with Gasteiger partial charge in [-0.2, -0.15) is 5.06 Å². The van der Waals surface area contributed by atoms with Gasteiger partial charge in [-0.25, -0.2) is 4.84 Å². The lowest BCUT2D eigenvalue weighted by Crippen LogP contribution is -3.17. The van der Waals surface area contributed by atoms with Crippen LogP contribution in [0.4, 0.5) is 0 Å². The van der Waals surface area contributed by atoms with E-state index in [0.717, 1.165) is 0 Å². The molecule has 0 atom stereocenters. The lowest BCUT2D eigenvalue weighted by molar-refractivity contribution is -1.12. The highest BCUT2D eigenvalue weighted by Crippen LogP contribution is 1.77. The first kappa shape index (κ1) is 10.7. The Hall–Kier alpha value is -0.340. The number of hydrogen-bond acceptors (Lipinski definition) is 1. The first-order valence-electron chi connectivity index (χ1n) is 4.20. The van der Waals surface area contributed by atoms with Crippen molar-refractivity contribution in [2.24, 2.45) is 0 Å². The quantitative estimate of drug-likeness (QED) is 0.461. The van der Waals surface area contributed by atoms with E-state index >= 15 is 0 Å². The van der Waals surface area contributed by atoms with Crippen LogP contribution in [-0.2, 0) is 4.84 Å². The molecular formula is C9H20NO+. The third kappa shape index (κ3) is 4.17. The van der Waals surface area contributed by atoms with Crippen LogP contribution in [0.5, 0.6) is 0 Å². The molecule has 0 amide bonds. The van der Waals surface area contributed by atoms with Crippen LogP contribution < -0.4 is 5.06 Å². The maximum Gasteiger partial charge on any atom is 0.124 e. The van der Waals surface area contributed by atoms with Gasteiger partial charge in [-0.1, -0.05) is 6.08 Å². The summed E-state index contributed by atoms with van der Waals surface area (Å²) < 4.78 is 0. The fourth-order valence-corrected chi connectivity index (χ4v) is 1.16. The lowest BCUT2D eigenvalue weighted by atomic mass is 10.3. The Morgan fingerprint density at radius 2 is 1.73 bits per heavy atom. The van der Waals surface area contributed by atoms with Gasteiger partial charge in [0.2, 0.25) is 0 Å². The Labute approximate surface area is 69.8 Å². The minimum atomic E-state index is 0.509. The Bertz CT molecular complexity index is 102. The maximum absolute atomic E-state index is 5.51. The zero-order chi connectivity index (χ0) is 8.85. The van der Waals surface area contributed by atoms with Crippen molar-refractivity contribution in [3.8, 4) is 0 Å². The number of hydrogen-bond donors (Lipinski definition) is 1. The van der Waals surface area contributed by atoms with Crippen LogP contribution in [0.3, 0.4) is 0 Å². The minimum Gasteiger partial charge on any atom is -0.200 e. The highest BCUT2D eigenvalue weighted by atomic mass is 16.7. The molecule has 0 saturated heterocycles. The SMILES string of the molecule is C=CCO[NH+](C(C)C)C(C)C. The average Bonchev–Trinajstić information content (AvgIpc) is 1.87. The maximum atomic E-state index is 5.51. The molecule has 0 aliphatic carbocycles. The van der Waals surface area contributed by atoms with Crippen LogP contribution in [0.25, 0.3) is 0 Å². The van der Waals surface area contributed by atoms with Crippen molar-refractivity contribution >= 4 is 0 Å². The van der Waals surface area contributed by atoms with Crippen molar-refractivity contribution in [1.82, 2.24) is 0 Å². The van der Waals surface area contributed by atoms with Crippen molar-refractivity contribution in [2.75, 3.05) is 6.61 Å². The Morgan fingerprint density at radius 1 is 1.27 bits per heavy atom. The Kier molecular flexibility index (Phi) is 5.16. The van der Waals surface area contributed by atoms with Crippen molar-refractivity contribution in [3.63, 3.8) is 0 Å². The van der Waals surface area contributed by atoms with E-state index in [0.29, 0.717) is 18.7 Å². The smallest absolute Gasteiger partial charge is 0.124 e. The van der Waals surface area contributed by atoms with E-state index < -0.39 is 0 Å². The van der Waals surface area contributed by atoms with E-state index in [4.69, 9.17) is 4.84 Å². The molecule has 0 spiro atoms. The second-order valence-electron chi connectivity index (χ2n) is 3.31. The molecule has 11 heavy (non-hydrogen) atoms. The molecule has 0 aliphatic rings. The van der Waals surface area contributed by atoms with Crippen molar-refractivity contribution in [3.05, 3.63) is 12.7 Å². The molecule has 66 valence electrons. The minimum absolute atomic E-state index is 0.509. The van der Waals surface area contributed by atoms with Gasteiger partial charge in [0.05, 0.1) is 0 Å². The predicted molar refractivity (Wildman–Crippen MR) is 47.4 cm³/mol. The lowest BCUT2D eigenvalue weighted by Gasteiger charge is -2.23. The zero-order valence-corrected chi connectivity index (χ0v) is 8.05. The number of nitrogens with one attached hydrogen (secondary N) is 1. The fourth-order valence-electron chi connectivity index (χ4n) is 1.16. The van der Waals surface area contributed by atoms with E-state index in [1.54, 1.807) is 6.08 Å². The molecular weight excluding hydrogens is 138 g/mol. The van der Waals surface area contributed by atoms with Crippen molar-refractivity contribution in [2.45, 2.75) is 39.8 Å². The molecule has 0 heterocycles. The average molecular weight is 158 g/mol. The van der Waals surface area contributed by atoms with Gasteiger partial charge >= 0.3 is 0 Å². The molecule has 0 aromatic rings. The third-order valence-corrected chi connectivity index (χ3v) is 1.51. The van der Waals surface area contributed by atoms with E-state index in [1.807, 2.05) is 0 Å². The second kappa shape index (κ2) is 5.33. The molecule has 0 rings (SSSR count). The molecule has 0 aromatic heterocycles. The topological polar surface area (TPSA) is 13.7 Å². The van der Waals surface area contributed by atoms with Crippen LogP contribution in [0.1, 0.15) is 27.7 Å². The van der Waals surface area contributed by atoms with Gasteiger partial charge in [0.15, 0.2) is 0 Å². The van der Waals surface area contributed by atoms with Crippen LogP contribution in [0, 0.1) is 0 Å². The van der Waals surface area contributed by atoms with E-state index in [1.165, 1.54) is 5.06 Å². The summed E-state index contributed by atoms with van der Waals surface area (Å²) in [5, 5.41) is 1.17. The summed E-state index contributed by atoms with van der Waals surface area (Å²) in [5.74, 6) is 0. The van der Waals surface area contributed by atoms with Gasteiger partial charge in [-0.05, 0) is 27.7 Å². The summed E-state index contributed by atoms with van der Waals surface area (Å²) in [6.07, 6.45) is 1.78. The number of quaternary nitrogens is 1. The molecule has 0 aliphatic heterocycles. The molecule has 0 aromatic carbocycles. The summed E-state index contributed by atoms with van der Waals surface area (Å²) in [6, 6.07) is 1.02. The van der Waals surface area contributed by atoms with E-state index in [-0.39, 0.29) is 0 Å². The third-order valence-electron chi connectivity index (χ3n) is 1.51. The van der Waals surface area contributed by atoms with Gasteiger partial charge in [-0.3, -0.25) is 0 Å². The Balaban J connectivity index is 3.79. The fraction of sp³-hybridized carbons (Fsp3) is 0.778. The standard InChI is InChI=1S/C9H19NO/c1-6-7-11-10(8(2)3)9(4)5/h6,8-9H,1,7H2,2-5H3/p+1. The number of rotatable bonds is 5. The molecule has 2 nitrogen and oxygen atoms in total. The molecule has 0 bridgehead atoms. The Morgan fingerprint density at radius 3 is 2.00 bits per heavy atom. The summed E-state index contributed by atoms with van der Waals surface area (Å²) in [5.41, 5.74) is 0. The highest BCUT2D eigenvalue weighted by Gasteiger charge is 2.17. The first-order valence-corrected chi connectivity index (χ1v) is 4.20. The molecule has 1 N–H and O–H groups in total. The summed E-state index contributed by atoms with van der Waals surface area (Å²) in [6.45, 7) is 12.8. The van der Waals surface area contributed by atoms with Crippen LogP contribution >= 0.6 is 0 Å². The van der Waals surface area contributed by atoms with Crippen molar-refractivity contribution < 1.29 is 9.90 Å². The normalized spacial score (nSPS) is 11.5. The zero-order valence-electron chi connectivity index (χ0n) is 8.05. The first-order chi connectivity index (χ1) is 5.09. The molecule has 2 heteroatoms. The largest absolute Gasteiger partial charge is 0.200 e. The van der Waals surface area contributed by atoms with Crippen LogP contribution in [0.2, 0.25) is 0 Å². The molecule has 0 saturated carbocycles. The highest BCUT2D eigenvalue weighted by molar-refractivity contribution is 4.62. The predicted octanol–water partition coefficient (Wildman–Crippen LogP) is 0.806. The van der Waals surface area contributed by atoms with Gasteiger partial charge in [0.1, 0.15) is 18.7 Å². The monoisotopic (exact) mass is 158 g/mol. The summed E-state index contributed by atoms with van der Waals surface area (Å²) >= 11 is 0. The van der Waals surface area contributed by atoms with Gasteiger partial charge in [0.25, 0.3) is 0 Å². The summed E-state index contributed by atoms with van der Waals surface area (Å²) in [7, 11) is 0. The van der Waals surface area contributed by atoms with Crippen molar-refractivity contribution in [1.29, 1.82) is 0 Å². The van der Waals surface area contributed by atoms with E-state index in [2.05, 4.69) is 34.3 Å². The van der Waals surface area contributed by atoms with E-state index in [9.17, 15) is 0 Å².